The van der Waals surface area contributed by atoms with Gasteiger partial charge in [-0.05, 0) is 19.8 Å². The number of β-amino-alcohol motifs (C(OH)–C–C–N with tert-alkyl or cyclic N) is 1. The molecule has 0 radical (unpaired) electrons. The van der Waals surface area contributed by atoms with Gasteiger partial charge in [0.25, 0.3) is 5.91 Å². The Morgan fingerprint density at radius 1 is 1.33 bits per heavy atom. The van der Waals surface area contributed by atoms with Gasteiger partial charge < -0.3 is 19.7 Å². The second-order valence-electron chi connectivity index (χ2n) is 6.51. The summed E-state index contributed by atoms with van der Waals surface area (Å²) in [6.07, 6.45) is 1.47. The molecule has 7 heteroatoms. The van der Waals surface area contributed by atoms with Crippen LogP contribution in [0.25, 0.3) is 0 Å². The van der Waals surface area contributed by atoms with E-state index in [-0.39, 0.29) is 23.8 Å². The lowest BCUT2D eigenvalue weighted by molar-refractivity contribution is -0.132. The first-order chi connectivity index (χ1) is 11.4. The lowest BCUT2D eigenvalue weighted by Crippen LogP contribution is -2.55. The van der Waals surface area contributed by atoms with Crippen LogP contribution in [0.4, 0.5) is 0 Å². The van der Waals surface area contributed by atoms with Crippen LogP contribution in [0.15, 0.2) is 4.42 Å². The topological polar surface area (TPSA) is 99.9 Å². The smallest absolute Gasteiger partial charge is 0.255 e. The molecule has 2 heterocycles. The number of aryl methyl sites for hydroxylation is 2. The van der Waals surface area contributed by atoms with Crippen LogP contribution in [0.2, 0.25) is 0 Å². The minimum atomic E-state index is -0.828. The highest BCUT2D eigenvalue weighted by Gasteiger charge is 2.34. The fourth-order valence-corrected chi connectivity index (χ4v) is 3.51. The summed E-state index contributed by atoms with van der Waals surface area (Å²) < 4.78 is 5.60. The summed E-state index contributed by atoms with van der Waals surface area (Å²) >= 11 is 0. The largest absolute Gasteiger partial charge is 0.465 e. The molecular weight excluding hydrogens is 312 g/mol. The highest BCUT2D eigenvalue weighted by molar-refractivity contribution is 6.10. The molecule has 3 rings (SSSR count). The van der Waals surface area contributed by atoms with Crippen molar-refractivity contribution in [3.8, 4) is 0 Å². The van der Waals surface area contributed by atoms with Gasteiger partial charge >= 0.3 is 0 Å². The summed E-state index contributed by atoms with van der Waals surface area (Å²) in [6, 6.07) is -0.447. The molecule has 0 bridgehead atoms. The number of piperidine rings is 1. The lowest BCUT2D eigenvalue weighted by atomic mass is 9.92. The highest BCUT2D eigenvalue weighted by atomic mass is 16.3. The van der Waals surface area contributed by atoms with Crippen molar-refractivity contribution in [2.75, 3.05) is 13.1 Å². The van der Waals surface area contributed by atoms with Crippen LogP contribution in [0, 0.1) is 6.92 Å². The van der Waals surface area contributed by atoms with E-state index >= 15 is 0 Å². The summed E-state index contributed by atoms with van der Waals surface area (Å²) in [5.74, 6) is 0.465. The molecule has 0 unspecified atom stereocenters. The number of hydrogen-bond acceptors (Lipinski definition) is 5. The highest BCUT2D eigenvalue weighted by Crippen LogP contribution is 2.29. The molecule has 130 valence electrons. The molecule has 1 aromatic rings. The number of aliphatic hydroxyl groups excluding tert-OH is 1. The number of furan rings is 1. The Labute approximate surface area is 140 Å². The monoisotopic (exact) mass is 334 g/mol. The van der Waals surface area contributed by atoms with Crippen molar-refractivity contribution in [1.82, 2.24) is 10.2 Å². The van der Waals surface area contributed by atoms with Gasteiger partial charge in [0.2, 0.25) is 5.91 Å². The zero-order chi connectivity index (χ0) is 17.4. The van der Waals surface area contributed by atoms with Gasteiger partial charge in [-0.3, -0.25) is 14.4 Å². The Kier molecular flexibility index (Phi) is 4.45. The molecule has 0 spiro atoms. The van der Waals surface area contributed by atoms with Gasteiger partial charge in [0.05, 0.1) is 23.3 Å². The van der Waals surface area contributed by atoms with Crippen LogP contribution in [0.1, 0.15) is 58.4 Å². The fourth-order valence-electron chi connectivity index (χ4n) is 3.51. The average Bonchev–Trinajstić information content (AvgIpc) is 2.86. The van der Waals surface area contributed by atoms with Crippen LogP contribution in [-0.2, 0) is 11.2 Å². The van der Waals surface area contributed by atoms with Crippen molar-refractivity contribution >= 4 is 17.6 Å². The van der Waals surface area contributed by atoms with Gasteiger partial charge in [-0.25, -0.2) is 0 Å². The van der Waals surface area contributed by atoms with Crippen LogP contribution in [0.5, 0.6) is 0 Å². The number of carbonyl (C=O) groups excluding carboxylic acids is 3. The third-order valence-electron chi connectivity index (χ3n) is 4.81. The number of amides is 2. The molecule has 2 amide bonds. The number of hydrogen-bond donors (Lipinski definition) is 2. The minimum absolute atomic E-state index is 0.0646. The molecule has 1 aliphatic heterocycles. The first-order valence-corrected chi connectivity index (χ1v) is 8.28. The van der Waals surface area contributed by atoms with E-state index in [2.05, 4.69) is 5.32 Å². The van der Waals surface area contributed by atoms with Crippen LogP contribution in [-0.4, -0.2) is 52.8 Å². The van der Waals surface area contributed by atoms with Gasteiger partial charge in [-0.15, -0.1) is 0 Å². The number of likely N-dealkylation sites (tertiary alicyclic amines) is 1. The maximum Gasteiger partial charge on any atom is 0.255 e. The van der Waals surface area contributed by atoms with Crippen LogP contribution in [0.3, 0.4) is 0 Å². The number of Topliss-reactive ketones (excluding diaryl/α,β-unsaturated/α-hetero) is 1. The Hall–Kier alpha value is -2.15. The Morgan fingerprint density at radius 2 is 2.08 bits per heavy atom. The second kappa shape index (κ2) is 6.39. The van der Waals surface area contributed by atoms with Crippen molar-refractivity contribution < 1.29 is 23.9 Å². The molecule has 1 saturated heterocycles. The minimum Gasteiger partial charge on any atom is -0.465 e. The quantitative estimate of drug-likeness (QED) is 0.834. The number of fused-ring (bicyclic) bond motifs is 1. The summed E-state index contributed by atoms with van der Waals surface area (Å²) in [5, 5.41) is 13.0. The number of aliphatic hydroxyl groups is 1. The second-order valence-corrected chi connectivity index (χ2v) is 6.51. The summed E-state index contributed by atoms with van der Waals surface area (Å²) in [6.45, 7) is 3.81. The summed E-state index contributed by atoms with van der Waals surface area (Å²) in [7, 11) is 0. The number of rotatable bonds is 2. The van der Waals surface area contributed by atoms with E-state index < -0.39 is 18.1 Å². The van der Waals surface area contributed by atoms with E-state index in [9.17, 15) is 19.5 Å². The number of carbonyl (C=O) groups is 3. The first-order valence-electron chi connectivity index (χ1n) is 8.28. The number of nitrogens with zero attached hydrogens (tertiary/aromatic N) is 1. The third-order valence-corrected chi connectivity index (χ3v) is 4.81. The van der Waals surface area contributed by atoms with Crippen LogP contribution >= 0.6 is 0 Å². The zero-order valence-electron chi connectivity index (χ0n) is 13.9. The lowest BCUT2D eigenvalue weighted by Gasteiger charge is -2.35. The third kappa shape index (κ3) is 2.96. The van der Waals surface area contributed by atoms with Gasteiger partial charge in [-0.2, -0.15) is 0 Å². The summed E-state index contributed by atoms with van der Waals surface area (Å²) in [4.78, 5) is 37.8. The van der Waals surface area contributed by atoms with E-state index in [4.69, 9.17) is 4.42 Å². The molecule has 24 heavy (non-hydrogen) atoms. The normalized spacial score (nSPS) is 23.8. The van der Waals surface area contributed by atoms with E-state index in [0.717, 1.165) is 6.42 Å². The van der Waals surface area contributed by atoms with Crippen molar-refractivity contribution in [2.24, 2.45) is 0 Å². The van der Waals surface area contributed by atoms with Crippen molar-refractivity contribution in [1.29, 1.82) is 0 Å². The standard InChI is InChI=1S/C17H22N2O5/c1-9-15(16-12(21)4-3-5-14(16)24-9)17(23)18-11-6-7-19(10(2)20)8-13(11)22/h11,13,22H,3-8H2,1-2H3,(H,18,23)/t11-,13-/m1/s1. The van der Waals surface area contributed by atoms with Crippen molar-refractivity contribution in [3.05, 3.63) is 22.6 Å². The molecule has 7 nitrogen and oxygen atoms in total. The predicted molar refractivity (Wildman–Crippen MR) is 84.8 cm³/mol. The summed E-state index contributed by atoms with van der Waals surface area (Å²) in [5.41, 5.74) is 0.683. The van der Waals surface area contributed by atoms with E-state index in [0.29, 0.717) is 42.9 Å². The molecule has 1 aromatic heterocycles. The molecule has 1 aliphatic carbocycles. The van der Waals surface area contributed by atoms with Crippen molar-refractivity contribution in [3.63, 3.8) is 0 Å². The number of nitrogens with one attached hydrogen (secondary N) is 1. The van der Waals surface area contributed by atoms with E-state index in [1.807, 2.05) is 0 Å². The average molecular weight is 334 g/mol. The maximum atomic E-state index is 12.7. The van der Waals surface area contributed by atoms with Crippen molar-refractivity contribution in [2.45, 2.75) is 51.7 Å². The van der Waals surface area contributed by atoms with Gasteiger partial charge in [0.1, 0.15) is 11.5 Å². The maximum absolute atomic E-state index is 12.7. The molecule has 1 fully saturated rings. The molecule has 2 aliphatic rings. The number of ketones is 1. The Bertz CT molecular complexity index is 693. The fraction of sp³-hybridized carbons (Fsp3) is 0.588. The van der Waals surface area contributed by atoms with Crippen LogP contribution < -0.4 is 5.32 Å². The molecular formula is C17H22N2O5. The molecule has 2 N–H and O–H groups in total. The Balaban J connectivity index is 1.76. The van der Waals surface area contributed by atoms with E-state index in [1.54, 1.807) is 11.8 Å². The van der Waals surface area contributed by atoms with Gasteiger partial charge in [0, 0.05) is 32.9 Å². The SMILES string of the molecule is CC(=O)N1CC[C@@H](NC(=O)c2c(C)oc3c2C(=O)CCC3)[C@H](O)C1. The molecule has 0 saturated carbocycles. The van der Waals surface area contributed by atoms with Gasteiger partial charge in [0.15, 0.2) is 5.78 Å². The predicted octanol–water partition coefficient (Wildman–Crippen LogP) is 0.819. The van der Waals surface area contributed by atoms with Gasteiger partial charge in [-0.1, -0.05) is 0 Å². The first kappa shape index (κ1) is 16.7. The zero-order valence-corrected chi connectivity index (χ0v) is 13.9. The Morgan fingerprint density at radius 3 is 2.75 bits per heavy atom. The molecule has 2 atom stereocenters. The van der Waals surface area contributed by atoms with E-state index in [1.165, 1.54) is 6.92 Å². The molecule has 0 aromatic carbocycles.